The van der Waals surface area contributed by atoms with Gasteiger partial charge >= 0.3 is 0 Å². The highest BCUT2D eigenvalue weighted by atomic mass is 127. The third-order valence-corrected chi connectivity index (χ3v) is 4.58. The molecule has 1 aromatic heterocycles. The molecule has 0 radical (unpaired) electrons. The van der Waals surface area contributed by atoms with Gasteiger partial charge in [-0.1, -0.05) is 37.3 Å². The highest BCUT2D eigenvalue weighted by Crippen LogP contribution is 2.07. The molecule has 0 saturated heterocycles. The normalized spacial score (nSPS) is 12.3. The first-order valence-electron chi connectivity index (χ1n) is 9.22. The maximum atomic E-state index is 5.80. The number of nitrogens with one attached hydrogen (secondary N) is 2. The van der Waals surface area contributed by atoms with Crippen molar-refractivity contribution >= 4 is 41.3 Å². The van der Waals surface area contributed by atoms with Crippen LogP contribution in [-0.2, 0) is 17.8 Å². The fourth-order valence-electron chi connectivity index (χ4n) is 2.43. The number of aryl methyl sites for hydroxylation is 1. The average Bonchev–Trinajstić information content (AvgIpc) is 3.06. The number of rotatable bonds is 10. The predicted molar refractivity (Wildman–Crippen MR) is 125 cm³/mol. The summed E-state index contributed by atoms with van der Waals surface area (Å²) < 4.78 is 5.80. The molecule has 2 aromatic rings. The number of aromatic nitrogens is 1. The van der Waals surface area contributed by atoms with Crippen LogP contribution in [-0.4, -0.2) is 37.2 Å². The second-order valence-electron chi connectivity index (χ2n) is 6.36. The summed E-state index contributed by atoms with van der Waals surface area (Å²) in [6.45, 7) is 10.0. The van der Waals surface area contributed by atoms with Crippen LogP contribution in [0.5, 0.6) is 0 Å². The van der Waals surface area contributed by atoms with Gasteiger partial charge in [-0.2, -0.15) is 0 Å². The molecule has 0 aliphatic heterocycles. The number of benzene rings is 1. The number of thiazole rings is 1. The van der Waals surface area contributed by atoms with Gasteiger partial charge in [-0.3, -0.25) is 4.99 Å². The Kier molecular flexibility index (Phi) is 12.3. The average molecular weight is 502 g/mol. The molecule has 0 spiro atoms. The number of ether oxygens (including phenoxy) is 1. The van der Waals surface area contributed by atoms with Crippen LogP contribution < -0.4 is 10.6 Å². The minimum Gasteiger partial charge on any atom is -0.376 e. The van der Waals surface area contributed by atoms with Gasteiger partial charge in [0.2, 0.25) is 0 Å². The zero-order chi connectivity index (χ0) is 18.6. The molecular weight excluding hydrogens is 471 g/mol. The molecule has 0 amide bonds. The molecule has 0 saturated carbocycles. The van der Waals surface area contributed by atoms with Crippen molar-refractivity contribution in [3.05, 3.63) is 52.0 Å². The Morgan fingerprint density at radius 3 is 2.70 bits per heavy atom. The van der Waals surface area contributed by atoms with E-state index in [0.29, 0.717) is 19.1 Å². The van der Waals surface area contributed by atoms with E-state index in [9.17, 15) is 0 Å². The van der Waals surface area contributed by atoms with Crippen LogP contribution in [0.15, 0.2) is 40.7 Å². The summed E-state index contributed by atoms with van der Waals surface area (Å²) >= 11 is 1.69. The monoisotopic (exact) mass is 502 g/mol. The van der Waals surface area contributed by atoms with E-state index in [1.54, 1.807) is 11.3 Å². The van der Waals surface area contributed by atoms with E-state index >= 15 is 0 Å². The van der Waals surface area contributed by atoms with Crippen LogP contribution in [0.25, 0.3) is 0 Å². The van der Waals surface area contributed by atoms with Gasteiger partial charge in [0.1, 0.15) is 0 Å². The van der Waals surface area contributed by atoms with Gasteiger partial charge in [-0.15, -0.1) is 35.3 Å². The van der Waals surface area contributed by atoms with Gasteiger partial charge in [0.15, 0.2) is 5.96 Å². The molecule has 2 rings (SSSR count). The lowest BCUT2D eigenvalue weighted by molar-refractivity contribution is 0.0945. The van der Waals surface area contributed by atoms with E-state index in [2.05, 4.69) is 52.0 Å². The van der Waals surface area contributed by atoms with E-state index in [-0.39, 0.29) is 24.0 Å². The third-order valence-electron chi connectivity index (χ3n) is 3.76. The first kappa shape index (κ1) is 23.8. The van der Waals surface area contributed by atoms with Gasteiger partial charge in [-0.25, -0.2) is 4.98 Å². The van der Waals surface area contributed by atoms with Crippen molar-refractivity contribution in [1.82, 2.24) is 15.6 Å². The Bertz CT molecular complexity index is 663. The minimum absolute atomic E-state index is 0. The Labute approximate surface area is 184 Å². The topological polar surface area (TPSA) is 58.5 Å². The van der Waals surface area contributed by atoms with Crippen molar-refractivity contribution < 1.29 is 4.74 Å². The molecule has 1 aromatic carbocycles. The third kappa shape index (κ3) is 10.1. The molecule has 1 atom stereocenters. The van der Waals surface area contributed by atoms with E-state index < -0.39 is 0 Å². The van der Waals surface area contributed by atoms with Crippen molar-refractivity contribution in [2.75, 3.05) is 26.2 Å². The van der Waals surface area contributed by atoms with Gasteiger partial charge in [0.25, 0.3) is 0 Å². The fourth-order valence-corrected chi connectivity index (χ4v) is 3.07. The Morgan fingerprint density at radius 2 is 2.04 bits per heavy atom. The van der Waals surface area contributed by atoms with Crippen LogP contribution in [0.4, 0.5) is 0 Å². The largest absolute Gasteiger partial charge is 0.376 e. The summed E-state index contributed by atoms with van der Waals surface area (Å²) in [7, 11) is 0. The highest BCUT2D eigenvalue weighted by molar-refractivity contribution is 14.0. The maximum Gasteiger partial charge on any atom is 0.191 e. The maximum absolute atomic E-state index is 5.80. The summed E-state index contributed by atoms with van der Waals surface area (Å²) in [5.41, 5.74) is 2.34. The van der Waals surface area contributed by atoms with Crippen LogP contribution in [0.3, 0.4) is 0 Å². The summed E-state index contributed by atoms with van der Waals surface area (Å²) in [6.07, 6.45) is 0.907. The van der Waals surface area contributed by atoms with Crippen molar-refractivity contribution in [2.45, 2.75) is 33.8 Å². The molecule has 0 bridgehead atoms. The van der Waals surface area contributed by atoms with Crippen molar-refractivity contribution in [1.29, 1.82) is 0 Å². The van der Waals surface area contributed by atoms with Gasteiger partial charge < -0.3 is 15.4 Å². The molecule has 150 valence electrons. The number of halogens is 1. The zero-order valence-electron chi connectivity index (χ0n) is 16.4. The van der Waals surface area contributed by atoms with Crippen LogP contribution in [0, 0.1) is 12.8 Å². The Hall–Kier alpha value is -1.19. The summed E-state index contributed by atoms with van der Waals surface area (Å²) in [5, 5.41) is 9.90. The Morgan fingerprint density at radius 1 is 1.26 bits per heavy atom. The predicted octanol–water partition coefficient (Wildman–Crippen LogP) is 4.02. The van der Waals surface area contributed by atoms with Crippen molar-refractivity contribution in [2.24, 2.45) is 10.9 Å². The van der Waals surface area contributed by atoms with Crippen LogP contribution >= 0.6 is 35.3 Å². The quantitative estimate of drug-likeness (QED) is 0.293. The molecular formula is C20H31IN4OS. The SMILES string of the molecule is CCNC(=NCC(C)COCc1ccccc1)NCCc1csc(C)n1.I. The molecule has 1 heterocycles. The summed E-state index contributed by atoms with van der Waals surface area (Å²) in [6, 6.07) is 10.3. The van der Waals surface area contributed by atoms with E-state index in [4.69, 9.17) is 4.74 Å². The van der Waals surface area contributed by atoms with Gasteiger partial charge in [0.05, 0.1) is 23.9 Å². The van der Waals surface area contributed by atoms with Crippen molar-refractivity contribution in [3.8, 4) is 0 Å². The molecule has 7 heteroatoms. The lowest BCUT2D eigenvalue weighted by atomic mass is 10.2. The standard InChI is InChI=1S/C20H30N4OS.HI/c1-4-21-20(22-11-10-19-15-26-17(3)24-19)23-12-16(2)13-25-14-18-8-6-5-7-9-18;/h5-9,15-16H,4,10-14H2,1-3H3,(H2,21,22,23);1H. The molecule has 0 aliphatic rings. The molecule has 0 aliphatic carbocycles. The number of hydrogen-bond donors (Lipinski definition) is 2. The van der Waals surface area contributed by atoms with Gasteiger partial charge in [-0.05, 0) is 25.3 Å². The number of hydrogen-bond acceptors (Lipinski definition) is 4. The first-order chi connectivity index (χ1) is 12.7. The molecule has 2 N–H and O–H groups in total. The number of aliphatic imine (C=N–C) groups is 1. The van der Waals surface area contributed by atoms with Crippen molar-refractivity contribution in [3.63, 3.8) is 0 Å². The van der Waals surface area contributed by atoms with Crippen LogP contribution in [0.2, 0.25) is 0 Å². The molecule has 5 nitrogen and oxygen atoms in total. The fraction of sp³-hybridized carbons (Fsp3) is 0.500. The zero-order valence-corrected chi connectivity index (χ0v) is 19.6. The lowest BCUT2D eigenvalue weighted by Crippen LogP contribution is -2.38. The second-order valence-corrected chi connectivity index (χ2v) is 7.42. The number of nitrogens with zero attached hydrogens (tertiary/aromatic N) is 2. The summed E-state index contributed by atoms with van der Waals surface area (Å²) in [5.74, 6) is 1.23. The minimum atomic E-state index is 0. The summed E-state index contributed by atoms with van der Waals surface area (Å²) in [4.78, 5) is 9.16. The second kappa shape index (κ2) is 13.9. The van der Waals surface area contributed by atoms with Crippen LogP contribution in [0.1, 0.15) is 30.1 Å². The lowest BCUT2D eigenvalue weighted by Gasteiger charge is -2.13. The smallest absolute Gasteiger partial charge is 0.191 e. The number of guanidine groups is 1. The van der Waals surface area contributed by atoms with E-state index in [1.807, 2.05) is 25.1 Å². The molecule has 0 fully saturated rings. The molecule has 1 unspecified atom stereocenters. The van der Waals surface area contributed by atoms with Gasteiger partial charge in [0, 0.05) is 31.4 Å². The first-order valence-corrected chi connectivity index (χ1v) is 10.1. The molecule has 27 heavy (non-hydrogen) atoms. The highest BCUT2D eigenvalue weighted by Gasteiger charge is 2.04. The Balaban J connectivity index is 0.00000364. The van der Waals surface area contributed by atoms with E-state index in [0.717, 1.165) is 42.7 Å². The van der Waals surface area contributed by atoms with E-state index in [1.165, 1.54) is 5.56 Å².